The lowest BCUT2D eigenvalue weighted by Crippen LogP contribution is -2.14. The molecule has 7 heteroatoms. The zero-order chi connectivity index (χ0) is 17.3. The molecule has 124 valence electrons. The maximum atomic E-state index is 12.2. The van der Waals surface area contributed by atoms with Crippen molar-refractivity contribution in [3.63, 3.8) is 0 Å². The topological polar surface area (TPSA) is 72.2 Å². The minimum atomic E-state index is -0.0699. The number of thioether (sulfide) groups is 1. The average Bonchev–Trinajstić information content (AvgIpc) is 2.87. The van der Waals surface area contributed by atoms with E-state index >= 15 is 0 Å². The molecule has 0 saturated carbocycles. The number of carbonyl (C=O) groups excluding carboxylic acids is 1. The van der Waals surface area contributed by atoms with E-state index in [0.29, 0.717) is 10.9 Å². The number of rotatable bonds is 4. The van der Waals surface area contributed by atoms with Gasteiger partial charge in [-0.3, -0.25) is 9.20 Å². The molecule has 1 aromatic carbocycles. The van der Waals surface area contributed by atoms with Gasteiger partial charge in [-0.2, -0.15) is 0 Å². The summed E-state index contributed by atoms with van der Waals surface area (Å²) in [5.74, 6) is 0.755. The largest absolute Gasteiger partial charge is 0.325 e. The lowest BCUT2D eigenvalue weighted by atomic mass is 10.1. The fourth-order valence-corrected chi connectivity index (χ4v) is 3.45. The van der Waals surface area contributed by atoms with Crippen LogP contribution in [0.2, 0.25) is 0 Å². The van der Waals surface area contributed by atoms with Gasteiger partial charge in [0.1, 0.15) is 0 Å². The van der Waals surface area contributed by atoms with Crippen LogP contribution in [0.4, 0.5) is 5.69 Å². The van der Waals surface area contributed by atoms with Crippen LogP contribution >= 0.6 is 11.8 Å². The average molecular weight is 341 g/mol. The Bertz CT molecular complexity index is 898. The predicted octanol–water partition coefficient (Wildman–Crippen LogP) is 3.09. The van der Waals surface area contributed by atoms with Crippen molar-refractivity contribution in [2.75, 3.05) is 11.1 Å². The molecular weight excluding hydrogens is 322 g/mol. The van der Waals surface area contributed by atoms with Crippen LogP contribution < -0.4 is 5.32 Å². The van der Waals surface area contributed by atoms with Crippen molar-refractivity contribution >= 4 is 29.1 Å². The quantitative estimate of drug-likeness (QED) is 0.738. The van der Waals surface area contributed by atoms with Crippen molar-refractivity contribution in [2.24, 2.45) is 0 Å². The fourth-order valence-electron chi connectivity index (χ4n) is 2.67. The normalized spacial score (nSPS) is 11.0. The van der Waals surface area contributed by atoms with Crippen molar-refractivity contribution in [2.45, 2.75) is 32.9 Å². The first-order valence-corrected chi connectivity index (χ1v) is 8.61. The highest BCUT2D eigenvalue weighted by atomic mass is 32.2. The van der Waals surface area contributed by atoms with E-state index in [2.05, 4.69) is 26.6 Å². The van der Waals surface area contributed by atoms with Crippen LogP contribution in [0, 0.1) is 27.7 Å². The van der Waals surface area contributed by atoms with Crippen molar-refractivity contribution in [3.05, 3.63) is 46.8 Å². The van der Waals surface area contributed by atoms with Crippen molar-refractivity contribution < 1.29 is 4.79 Å². The number of aromatic nitrogens is 4. The van der Waals surface area contributed by atoms with Crippen LogP contribution in [-0.4, -0.2) is 31.2 Å². The molecule has 0 aliphatic carbocycles. The first kappa shape index (κ1) is 16.4. The van der Waals surface area contributed by atoms with Gasteiger partial charge in [0.2, 0.25) is 5.91 Å². The van der Waals surface area contributed by atoms with Gasteiger partial charge in [0, 0.05) is 17.1 Å². The number of hydrogen-bond donors (Lipinski definition) is 1. The third-order valence-electron chi connectivity index (χ3n) is 3.50. The number of amides is 1. The summed E-state index contributed by atoms with van der Waals surface area (Å²) in [5, 5.41) is 11.8. The van der Waals surface area contributed by atoms with Gasteiger partial charge < -0.3 is 5.32 Å². The van der Waals surface area contributed by atoms with Crippen LogP contribution in [0.3, 0.4) is 0 Å². The molecule has 3 rings (SSSR count). The smallest absolute Gasteiger partial charge is 0.256 e. The summed E-state index contributed by atoms with van der Waals surface area (Å²) in [5.41, 5.74) is 4.96. The van der Waals surface area contributed by atoms with Crippen molar-refractivity contribution in [1.29, 1.82) is 0 Å². The van der Waals surface area contributed by atoms with Gasteiger partial charge in [-0.25, -0.2) is 4.98 Å². The van der Waals surface area contributed by atoms with E-state index < -0.39 is 0 Å². The Labute approximate surface area is 144 Å². The first-order valence-electron chi connectivity index (χ1n) is 7.63. The van der Waals surface area contributed by atoms with Crippen LogP contribution in [0.1, 0.15) is 22.5 Å². The fraction of sp³-hybridized carbons (Fsp3) is 0.294. The summed E-state index contributed by atoms with van der Waals surface area (Å²) in [6, 6.07) is 7.96. The maximum Gasteiger partial charge on any atom is 0.256 e. The Morgan fingerprint density at radius 2 is 1.79 bits per heavy atom. The summed E-state index contributed by atoms with van der Waals surface area (Å²) in [6.07, 6.45) is 0. The maximum absolute atomic E-state index is 12.2. The van der Waals surface area contributed by atoms with Gasteiger partial charge in [-0.15, -0.1) is 10.2 Å². The Kier molecular flexibility index (Phi) is 4.53. The van der Waals surface area contributed by atoms with E-state index in [0.717, 1.165) is 28.2 Å². The van der Waals surface area contributed by atoms with E-state index in [1.165, 1.54) is 11.8 Å². The molecule has 0 fully saturated rings. The van der Waals surface area contributed by atoms with E-state index in [4.69, 9.17) is 0 Å². The molecule has 1 amide bonds. The Balaban J connectivity index is 1.70. The van der Waals surface area contributed by atoms with Gasteiger partial charge in [0.15, 0.2) is 5.16 Å². The zero-order valence-electron chi connectivity index (χ0n) is 14.1. The Morgan fingerprint density at radius 3 is 2.50 bits per heavy atom. The van der Waals surface area contributed by atoms with Crippen LogP contribution in [0.15, 0.2) is 29.4 Å². The molecule has 2 aromatic heterocycles. The number of hydrogen-bond acceptors (Lipinski definition) is 5. The molecule has 0 bridgehead atoms. The zero-order valence-corrected chi connectivity index (χ0v) is 14.9. The molecule has 3 aromatic rings. The molecule has 0 spiro atoms. The lowest BCUT2D eigenvalue weighted by Gasteiger charge is -2.07. The molecule has 0 unspecified atom stereocenters. The molecule has 2 heterocycles. The highest BCUT2D eigenvalue weighted by Crippen LogP contribution is 2.19. The number of fused-ring (bicyclic) bond motifs is 1. The minimum absolute atomic E-state index is 0.0699. The standard InChI is InChI=1S/C17H19N5OS/c1-10-5-11(2)7-14(6-10)19-15(23)9-24-17-21-20-16-18-12(3)8-13(4)22(16)17/h5-8H,9H2,1-4H3,(H,19,23). The number of carbonyl (C=O) groups is 1. The van der Waals surface area contributed by atoms with E-state index in [-0.39, 0.29) is 11.7 Å². The molecule has 0 aliphatic rings. The van der Waals surface area contributed by atoms with Gasteiger partial charge in [0.05, 0.1) is 5.75 Å². The number of anilines is 1. The highest BCUT2D eigenvalue weighted by molar-refractivity contribution is 7.99. The molecule has 6 nitrogen and oxygen atoms in total. The SMILES string of the molecule is Cc1cc(C)cc(NC(=O)CSc2nnc3nc(C)cc(C)n23)c1. The van der Waals surface area contributed by atoms with Crippen LogP contribution in [0.5, 0.6) is 0 Å². The first-order chi connectivity index (χ1) is 11.4. The van der Waals surface area contributed by atoms with Crippen LogP contribution in [0.25, 0.3) is 5.78 Å². The summed E-state index contributed by atoms with van der Waals surface area (Å²) in [6.45, 7) is 7.92. The number of benzene rings is 1. The molecule has 24 heavy (non-hydrogen) atoms. The third-order valence-corrected chi connectivity index (χ3v) is 4.43. The van der Waals surface area contributed by atoms with Crippen LogP contribution in [-0.2, 0) is 4.79 Å². The van der Waals surface area contributed by atoms with E-state index in [9.17, 15) is 4.79 Å². The minimum Gasteiger partial charge on any atom is -0.325 e. The van der Waals surface area contributed by atoms with Gasteiger partial charge in [-0.05, 0) is 57.0 Å². The molecular formula is C17H19N5OS. The van der Waals surface area contributed by atoms with Gasteiger partial charge >= 0.3 is 0 Å². The second-order valence-corrected chi connectivity index (χ2v) is 6.81. The van der Waals surface area contributed by atoms with Gasteiger partial charge in [0.25, 0.3) is 5.78 Å². The second-order valence-electron chi connectivity index (χ2n) is 5.87. The predicted molar refractivity (Wildman–Crippen MR) is 95.5 cm³/mol. The van der Waals surface area contributed by atoms with E-state index in [1.54, 1.807) is 0 Å². The molecule has 0 saturated heterocycles. The summed E-state index contributed by atoms with van der Waals surface area (Å²) < 4.78 is 1.86. The molecule has 1 N–H and O–H groups in total. The van der Waals surface area contributed by atoms with Crippen molar-refractivity contribution in [1.82, 2.24) is 19.6 Å². The molecule has 0 atom stereocenters. The van der Waals surface area contributed by atoms with E-state index in [1.807, 2.05) is 50.3 Å². The Hall–Kier alpha value is -2.41. The number of aryl methyl sites for hydroxylation is 4. The summed E-state index contributed by atoms with van der Waals surface area (Å²) >= 11 is 1.35. The second kappa shape index (κ2) is 6.60. The monoisotopic (exact) mass is 341 g/mol. The number of nitrogens with one attached hydrogen (secondary N) is 1. The summed E-state index contributed by atoms with van der Waals surface area (Å²) in [7, 11) is 0. The highest BCUT2D eigenvalue weighted by Gasteiger charge is 2.12. The number of nitrogens with zero attached hydrogens (tertiary/aromatic N) is 4. The molecule has 0 aliphatic heterocycles. The van der Waals surface area contributed by atoms with Crippen molar-refractivity contribution in [3.8, 4) is 0 Å². The summed E-state index contributed by atoms with van der Waals surface area (Å²) in [4.78, 5) is 16.5. The Morgan fingerprint density at radius 1 is 1.08 bits per heavy atom. The lowest BCUT2D eigenvalue weighted by molar-refractivity contribution is -0.113. The molecule has 0 radical (unpaired) electrons. The third kappa shape index (κ3) is 3.56. The van der Waals surface area contributed by atoms with Gasteiger partial charge in [-0.1, -0.05) is 17.8 Å².